The van der Waals surface area contributed by atoms with E-state index < -0.39 is 33.4 Å². The number of anilines is 1. The molecule has 10 heteroatoms. The molecule has 1 saturated heterocycles. The zero-order valence-electron chi connectivity index (χ0n) is 16.8. The first-order chi connectivity index (χ1) is 14.6. The van der Waals surface area contributed by atoms with E-state index in [1.165, 1.54) is 28.6 Å². The molecule has 0 saturated carbocycles. The minimum Gasteiger partial charge on any atom is -0.396 e. The van der Waals surface area contributed by atoms with Crippen molar-refractivity contribution in [3.8, 4) is 0 Å². The van der Waals surface area contributed by atoms with E-state index in [1.54, 1.807) is 0 Å². The van der Waals surface area contributed by atoms with Crippen LogP contribution in [0.15, 0.2) is 41.3 Å². The topological polar surface area (TPSA) is 86.7 Å². The van der Waals surface area contributed by atoms with Crippen molar-refractivity contribution in [2.24, 2.45) is 11.8 Å². The molecule has 2 unspecified atom stereocenters. The molecule has 0 aromatic heterocycles. The number of halogens is 3. The van der Waals surface area contributed by atoms with E-state index >= 15 is 0 Å². The van der Waals surface area contributed by atoms with Gasteiger partial charge in [0.05, 0.1) is 4.90 Å². The van der Waals surface area contributed by atoms with Crippen LogP contribution in [0.5, 0.6) is 0 Å². The predicted molar refractivity (Wildman–Crippen MR) is 108 cm³/mol. The average Bonchev–Trinajstić information content (AvgIpc) is 2.73. The largest absolute Gasteiger partial charge is 0.396 e. The summed E-state index contributed by atoms with van der Waals surface area (Å²) in [5, 5.41) is 11.4. The van der Waals surface area contributed by atoms with Crippen LogP contribution in [0.25, 0.3) is 0 Å². The number of hydrogen-bond acceptors (Lipinski definition) is 4. The van der Waals surface area contributed by atoms with Crippen molar-refractivity contribution in [2.75, 3.05) is 25.0 Å². The Morgan fingerprint density at radius 1 is 1.19 bits per heavy atom. The van der Waals surface area contributed by atoms with Gasteiger partial charge in [0.25, 0.3) is 5.91 Å². The molecule has 1 aliphatic heterocycles. The molecule has 2 aromatic rings. The zero-order valence-corrected chi connectivity index (χ0v) is 17.6. The monoisotopic (exact) mass is 456 g/mol. The third-order valence-corrected chi connectivity index (χ3v) is 7.38. The zero-order chi connectivity index (χ0) is 22.8. The molecule has 0 spiro atoms. The van der Waals surface area contributed by atoms with Crippen LogP contribution in [0.2, 0.25) is 0 Å². The molecule has 0 aliphatic carbocycles. The van der Waals surface area contributed by atoms with Crippen molar-refractivity contribution in [3.63, 3.8) is 0 Å². The highest BCUT2D eigenvalue weighted by atomic mass is 32.2. The van der Waals surface area contributed by atoms with Crippen molar-refractivity contribution in [2.45, 2.75) is 24.7 Å². The van der Waals surface area contributed by atoms with Crippen molar-refractivity contribution in [1.29, 1.82) is 0 Å². The van der Waals surface area contributed by atoms with E-state index in [0.29, 0.717) is 38.1 Å². The number of carbonyl (C=O) groups excluding carboxylic acids is 1. The van der Waals surface area contributed by atoms with Crippen LogP contribution in [-0.2, 0) is 10.0 Å². The van der Waals surface area contributed by atoms with Crippen LogP contribution in [0.4, 0.5) is 18.9 Å². The minimum atomic E-state index is -3.86. The number of sulfonamides is 1. The summed E-state index contributed by atoms with van der Waals surface area (Å²) in [5.74, 6) is -5.04. The van der Waals surface area contributed by atoms with Gasteiger partial charge in [-0.1, -0.05) is 13.0 Å². The van der Waals surface area contributed by atoms with E-state index in [1.807, 2.05) is 6.92 Å². The number of rotatable bonds is 6. The molecule has 2 N–H and O–H groups in total. The van der Waals surface area contributed by atoms with Crippen LogP contribution in [0.1, 0.15) is 30.1 Å². The van der Waals surface area contributed by atoms with Crippen LogP contribution in [0.3, 0.4) is 0 Å². The van der Waals surface area contributed by atoms with Crippen molar-refractivity contribution in [1.82, 2.24) is 4.31 Å². The molecule has 0 radical (unpaired) electrons. The minimum absolute atomic E-state index is 0.0329. The summed E-state index contributed by atoms with van der Waals surface area (Å²) < 4.78 is 67.3. The lowest BCUT2D eigenvalue weighted by atomic mass is 9.86. The fourth-order valence-corrected chi connectivity index (χ4v) is 5.35. The highest BCUT2D eigenvalue weighted by Crippen LogP contribution is 2.30. The van der Waals surface area contributed by atoms with Crippen LogP contribution in [-0.4, -0.2) is 43.4 Å². The molecule has 1 heterocycles. The fraction of sp³-hybridized carbons (Fsp3) is 0.381. The summed E-state index contributed by atoms with van der Waals surface area (Å²) in [5.41, 5.74) is -0.330. The summed E-state index contributed by atoms with van der Waals surface area (Å²) in [4.78, 5) is 12.4. The first kappa shape index (κ1) is 23.2. The normalized spacial score (nSPS) is 19.9. The number of carbonyl (C=O) groups is 1. The number of aliphatic hydroxyl groups excluding tert-OH is 1. The maximum absolute atomic E-state index is 13.4. The molecule has 0 bridgehead atoms. The Balaban J connectivity index is 1.78. The molecular formula is C21H23F3N2O4S. The molecule has 6 nitrogen and oxygen atoms in total. The van der Waals surface area contributed by atoms with E-state index in [2.05, 4.69) is 5.32 Å². The lowest BCUT2D eigenvalue weighted by Crippen LogP contribution is -2.43. The summed E-state index contributed by atoms with van der Waals surface area (Å²) in [6, 6.07) is 6.58. The standard InChI is InChI=1S/C21H23F3N2O4S/c1-13-12-26(7-5-14(13)6-8-27)31(29,30)17-4-2-3-15(9-17)21(28)25-16-10-18(22)20(24)19(23)11-16/h2-4,9-11,13-14,27H,5-8,12H2,1H3,(H,25,28). The van der Waals surface area contributed by atoms with Gasteiger partial charge in [0.15, 0.2) is 17.5 Å². The van der Waals surface area contributed by atoms with Crippen molar-refractivity contribution >= 4 is 21.6 Å². The number of aliphatic hydroxyl groups is 1. The fourth-order valence-electron chi connectivity index (χ4n) is 3.75. The first-order valence-corrected chi connectivity index (χ1v) is 11.2. The molecule has 168 valence electrons. The van der Waals surface area contributed by atoms with Crippen molar-refractivity contribution in [3.05, 3.63) is 59.4 Å². The van der Waals surface area contributed by atoms with Gasteiger partial charge in [-0.15, -0.1) is 0 Å². The Bertz CT molecular complexity index is 1060. The predicted octanol–water partition coefficient (Wildman–Crippen LogP) is 3.39. The number of nitrogens with one attached hydrogen (secondary N) is 1. The van der Waals surface area contributed by atoms with Gasteiger partial charge in [-0.2, -0.15) is 4.31 Å². The lowest BCUT2D eigenvalue weighted by molar-refractivity contribution is 0.102. The van der Waals surface area contributed by atoms with E-state index in [0.717, 1.165) is 0 Å². The summed E-state index contributed by atoms with van der Waals surface area (Å²) in [7, 11) is -3.86. The molecule has 2 atom stereocenters. The van der Waals surface area contributed by atoms with Gasteiger partial charge in [0, 0.05) is 43.1 Å². The Labute approximate surface area is 178 Å². The number of benzene rings is 2. The Morgan fingerprint density at radius 2 is 1.87 bits per heavy atom. The van der Waals surface area contributed by atoms with Crippen molar-refractivity contribution < 1.29 is 31.5 Å². The second-order valence-electron chi connectivity index (χ2n) is 7.64. The van der Waals surface area contributed by atoms with Gasteiger partial charge >= 0.3 is 0 Å². The van der Waals surface area contributed by atoms with Gasteiger partial charge in [-0.25, -0.2) is 21.6 Å². The summed E-state index contributed by atoms with van der Waals surface area (Å²) in [6.45, 7) is 2.60. The summed E-state index contributed by atoms with van der Waals surface area (Å²) in [6.07, 6.45) is 1.25. The molecule has 3 rings (SSSR count). The van der Waals surface area contributed by atoms with Gasteiger partial charge in [-0.3, -0.25) is 4.79 Å². The number of hydrogen-bond donors (Lipinski definition) is 2. The van der Waals surface area contributed by atoms with E-state index in [9.17, 15) is 26.4 Å². The maximum Gasteiger partial charge on any atom is 0.255 e. The number of amides is 1. The number of piperidine rings is 1. The molecule has 31 heavy (non-hydrogen) atoms. The Hall–Kier alpha value is -2.43. The Morgan fingerprint density at radius 3 is 2.48 bits per heavy atom. The highest BCUT2D eigenvalue weighted by Gasteiger charge is 2.33. The maximum atomic E-state index is 13.4. The Kier molecular flexibility index (Phi) is 7.03. The first-order valence-electron chi connectivity index (χ1n) is 9.80. The summed E-state index contributed by atoms with van der Waals surface area (Å²) >= 11 is 0. The molecule has 1 amide bonds. The van der Waals surface area contributed by atoms with Crippen LogP contribution in [0, 0.1) is 29.3 Å². The third-order valence-electron chi connectivity index (χ3n) is 5.52. The average molecular weight is 456 g/mol. The second kappa shape index (κ2) is 9.37. The third kappa shape index (κ3) is 5.08. The van der Waals surface area contributed by atoms with E-state index in [-0.39, 0.29) is 34.6 Å². The van der Waals surface area contributed by atoms with E-state index in [4.69, 9.17) is 5.11 Å². The molecule has 2 aromatic carbocycles. The van der Waals surface area contributed by atoms with Crippen LogP contribution >= 0.6 is 0 Å². The smallest absolute Gasteiger partial charge is 0.255 e. The molecule has 1 aliphatic rings. The molecular weight excluding hydrogens is 433 g/mol. The highest BCUT2D eigenvalue weighted by molar-refractivity contribution is 7.89. The SMILES string of the molecule is CC1CN(S(=O)(=O)c2cccc(C(=O)Nc3cc(F)c(F)c(F)c3)c2)CCC1CCO. The second-order valence-corrected chi connectivity index (χ2v) is 9.58. The van der Waals surface area contributed by atoms with Gasteiger partial charge in [0.1, 0.15) is 0 Å². The quantitative estimate of drug-likeness (QED) is 0.653. The number of nitrogens with zero attached hydrogens (tertiary/aromatic N) is 1. The molecule has 1 fully saturated rings. The van der Waals surface area contributed by atoms with Crippen LogP contribution < -0.4 is 5.32 Å². The van der Waals surface area contributed by atoms with Gasteiger partial charge < -0.3 is 10.4 Å². The lowest BCUT2D eigenvalue weighted by Gasteiger charge is -2.36. The van der Waals surface area contributed by atoms with Gasteiger partial charge in [-0.05, 0) is 42.9 Å². The van der Waals surface area contributed by atoms with Gasteiger partial charge in [0.2, 0.25) is 10.0 Å².